The van der Waals surface area contributed by atoms with Gasteiger partial charge in [0.15, 0.2) is 0 Å². The molecule has 1 aliphatic heterocycles. The summed E-state index contributed by atoms with van der Waals surface area (Å²) in [6.07, 6.45) is 1.11. The lowest BCUT2D eigenvalue weighted by molar-refractivity contribution is 0.0590. The van der Waals surface area contributed by atoms with Crippen molar-refractivity contribution < 1.29 is 14.2 Å². The van der Waals surface area contributed by atoms with Crippen LogP contribution in [0.25, 0.3) is 0 Å². The highest BCUT2D eigenvalue weighted by Crippen LogP contribution is 2.04. The molecular weight excluding hydrogens is 182 g/mol. The monoisotopic (exact) mass is 203 g/mol. The fourth-order valence-electron chi connectivity index (χ4n) is 1.52. The van der Waals surface area contributed by atoms with Gasteiger partial charge in [-0.15, -0.1) is 0 Å². The van der Waals surface area contributed by atoms with E-state index in [0.29, 0.717) is 25.3 Å². The van der Waals surface area contributed by atoms with E-state index in [1.165, 1.54) is 0 Å². The summed E-state index contributed by atoms with van der Waals surface area (Å²) >= 11 is 0. The molecule has 1 rings (SSSR count). The second-order valence-electron chi connectivity index (χ2n) is 3.70. The molecule has 1 aliphatic rings. The first kappa shape index (κ1) is 11.9. The zero-order valence-corrected chi connectivity index (χ0v) is 9.12. The third-order valence-corrected chi connectivity index (χ3v) is 2.25. The fourth-order valence-corrected chi connectivity index (χ4v) is 1.52. The Kier molecular flexibility index (Phi) is 6.10. The minimum absolute atomic E-state index is 0.388. The zero-order valence-electron chi connectivity index (χ0n) is 9.12. The minimum atomic E-state index is 0.388. The number of hydrogen-bond donors (Lipinski definition) is 1. The van der Waals surface area contributed by atoms with E-state index in [1.54, 1.807) is 7.11 Å². The molecule has 4 nitrogen and oxygen atoms in total. The molecule has 2 unspecified atom stereocenters. The molecule has 0 aliphatic carbocycles. The van der Waals surface area contributed by atoms with Crippen LogP contribution in [-0.4, -0.2) is 52.2 Å². The molecule has 84 valence electrons. The normalized spacial score (nSPS) is 24.0. The molecule has 0 aromatic carbocycles. The summed E-state index contributed by atoms with van der Waals surface area (Å²) in [5.74, 6) is 0. The predicted octanol–water partition coefficient (Wildman–Crippen LogP) is 0.416. The lowest BCUT2D eigenvalue weighted by atomic mass is 10.2. The molecular formula is C10H21NO3. The molecule has 1 N–H and O–H groups in total. The smallest absolute Gasteiger partial charge is 0.0701 e. The van der Waals surface area contributed by atoms with E-state index in [2.05, 4.69) is 12.2 Å². The predicted molar refractivity (Wildman–Crippen MR) is 54.5 cm³/mol. The van der Waals surface area contributed by atoms with Gasteiger partial charge in [-0.05, 0) is 13.3 Å². The van der Waals surface area contributed by atoms with Crippen LogP contribution in [0.5, 0.6) is 0 Å². The van der Waals surface area contributed by atoms with Gasteiger partial charge in [-0.25, -0.2) is 0 Å². The van der Waals surface area contributed by atoms with Crippen molar-refractivity contribution in [2.75, 3.05) is 40.1 Å². The second-order valence-corrected chi connectivity index (χ2v) is 3.70. The largest absolute Gasteiger partial charge is 0.382 e. The molecule has 4 heteroatoms. The number of hydrogen-bond acceptors (Lipinski definition) is 4. The van der Waals surface area contributed by atoms with Crippen LogP contribution in [0.4, 0.5) is 0 Å². The minimum Gasteiger partial charge on any atom is -0.382 e. The molecule has 0 radical (unpaired) electrons. The first-order valence-electron chi connectivity index (χ1n) is 5.23. The first-order valence-corrected chi connectivity index (χ1v) is 5.23. The van der Waals surface area contributed by atoms with Crippen LogP contribution in [-0.2, 0) is 14.2 Å². The highest BCUT2D eigenvalue weighted by atomic mass is 16.5. The number of nitrogens with one attached hydrogen (secondary N) is 1. The highest BCUT2D eigenvalue weighted by molar-refractivity contribution is 4.74. The molecule has 0 saturated carbocycles. The van der Waals surface area contributed by atoms with E-state index in [4.69, 9.17) is 14.2 Å². The summed E-state index contributed by atoms with van der Waals surface area (Å²) in [4.78, 5) is 0. The van der Waals surface area contributed by atoms with Gasteiger partial charge in [0.05, 0.1) is 26.4 Å². The van der Waals surface area contributed by atoms with Crippen LogP contribution >= 0.6 is 0 Å². The van der Waals surface area contributed by atoms with Gasteiger partial charge in [0, 0.05) is 25.8 Å². The maximum atomic E-state index is 5.42. The molecule has 0 bridgehead atoms. The van der Waals surface area contributed by atoms with Crippen molar-refractivity contribution in [3.8, 4) is 0 Å². The third-order valence-electron chi connectivity index (χ3n) is 2.25. The SMILES string of the molecule is COCCOCC(C)NC1CCOC1. The molecule has 1 saturated heterocycles. The maximum Gasteiger partial charge on any atom is 0.0701 e. The van der Waals surface area contributed by atoms with Gasteiger partial charge in [0.1, 0.15) is 0 Å². The Hall–Kier alpha value is -0.160. The Bertz CT molecular complexity index is 137. The Labute approximate surface area is 85.9 Å². The van der Waals surface area contributed by atoms with E-state index >= 15 is 0 Å². The summed E-state index contributed by atoms with van der Waals surface area (Å²) < 4.78 is 15.6. The topological polar surface area (TPSA) is 39.7 Å². The van der Waals surface area contributed by atoms with E-state index in [9.17, 15) is 0 Å². The molecule has 0 amide bonds. The molecule has 14 heavy (non-hydrogen) atoms. The quantitative estimate of drug-likeness (QED) is 0.609. The van der Waals surface area contributed by atoms with Gasteiger partial charge < -0.3 is 19.5 Å². The summed E-state index contributed by atoms with van der Waals surface area (Å²) in [7, 11) is 1.68. The summed E-state index contributed by atoms with van der Waals surface area (Å²) in [5.41, 5.74) is 0. The van der Waals surface area contributed by atoms with Crippen LogP contribution in [0, 0.1) is 0 Å². The maximum absolute atomic E-state index is 5.42. The van der Waals surface area contributed by atoms with Gasteiger partial charge in [-0.2, -0.15) is 0 Å². The van der Waals surface area contributed by atoms with Crippen molar-refractivity contribution in [1.82, 2.24) is 5.32 Å². The average molecular weight is 203 g/mol. The zero-order chi connectivity index (χ0) is 10.2. The standard InChI is InChI=1S/C10H21NO3/c1-9(7-14-6-5-12-2)11-10-3-4-13-8-10/h9-11H,3-8H2,1-2H3. The van der Waals surface area contributed by atoms with E-state index in [0.717, 1.165) is 26.2 Å². The molecule has 1 fully saturated rings. The van der Waals surface area contributed by atoms with Gasteiger partial charge in [0.25, 0.3) is 0 Å². The van der Waals surface area contributed by atoms with Gasteiger partial charge in [-0.3, -0.25) is 0 Å². The number of ether oxygens (including phenoxy) is 3. The van der Waals surface area contributed by atoms with Crippen LogP contribution in [0.2, 0.25) is 0 Å². The Morgan fingerprint density at radius 3 is 3.00 bits per heavy atom. The summed E-state index contributed by atoms with van der Waals surface area (Å²) in [5, 5.41) is 3.46. The van der Waals surface area contributed by atoms with Gasteiger partial charge in [-0.1, -0.05) is 0 Å². The van der Waals surface area contributed by atoms with E-state index in [1.807, 2.05) is 0 Å². The molecule has 0 spiro atoms. The van der Waals surface area contributed by atoms with Crippen LogP contribution in [0.15, 0.2) is 0 Å². The molecule has 0 aromatic rings. The van der Waals surface area contributed by atoms with Crippen molar-refractivity contribution in [2.45, 2.75) is 25.4 Å². The molecule has 1 heterocycles. The van der Waals surface area contributed by atoms with Gasteiger partial charge >= 0.3 is 0 Å². The van der Waals surface area contributed by atoms with E-state index < -0.39 is 0 Å². The lowest BCUT2D eigenvalue weighted by Gasteiger charge is -2.18. The Morgan fingerprint density at radius 2 is 2.36 bits per heavy atom. The van der Waals surface area contributed by atoms with Crippen molar-refractivity contribution in [2.24, 2.45) is 0 Å². The Balaban J connectivity index is 1.95. The van der Waals surface area contributed by atoms with Crippen LogP contribution in [0.1, 0.15) is 13.3 Å². The summed E-state index contributed by atoms with van der Waals surface area (Å²) in [6.45, 7) is 5.92. The molecule has 2 atom stereocenters. The van der Waals surface area contributed by atoms with Crippen molar-refractivity contribution in [3.05, 3.63) is 0 Å². The van der Waals surface area contributed by atoms with Crippen LogP contribution in [0.3, 0.4) is 0 Å². The average Bonchev–Trinajstić information content (AvgIpc) is 2.65. The van der Waals surface area contributed by atoms with Gasteiger partial charge in [0.2, 0.25) is 0 Å². The van der Waals surface area contributed by atoms with Crippen LogP contribution < -0.4 is 5.32 Å². The molecule has 0 aromatic heterocycles. The number of rotatable bonds is 7. The second kappa shape index (κ2) is 7.17. The third kappa shape index (κ3) is 4.91. The fraction of sp³-hybridized carbons (Fsp3) is 1.00. The van der Waals surface area contributed by atoms with Crippen molar-refractivity contribution >= 4 is 0 Å². The Morgan fingerprint density at radius 1 is 1.50 bits per heavy atom. The highest BCUT2D eigenvalue weighted by Gasteiger charge is 2.17. The van der Waals surface area contributed by atoms with Crippen molar-refractivity contribution in [3.63, 3.8) is 0 Å². The summed E-state index contributed by atoms with van der Waals surface area (Å²) in [6, 6.07) is 0.898. The van der Waals surface area contributed by atoms with Crippen molar-refractivity contribution in [1.29, 1.82) is 0 Å². The van der Waals surface area contributed by atoms with E-state index in [-0.39, 0.29) is 0 Å². The first-order chi connectivity index (χ1) is 6.83. The number of methoxy groups -OCH3 is 1. The lowest BCUT2D eigenvalue weighted by Crippen LogP contribution is -2.39.